The molecule has 0 saturated heterocycles. The van der Waals surface area contributed by atoms with E-state index >= 15 is 0 Å². The van der Waals surface area contributed by atoms with Crippen LogP contribution in [0.25, 0.3) is 0 Å². The topological polar surface area (TPSA) is 84.6 Å². The SMILES string of the molecule is Cc1ccc(O[C@@H]2CCC[C@H](CNC(=O)c3cc(C)no3)[C@H]2O)cc1. The maximum absolute atomic E-state index is 12.1. The fourth-order valence-electron chi connectivity index (χ4n) is 3.15. The van der Waals surface area contributed by atoms with Gasteiger partial charge in [-0.05, 0) is 45.2 Å². The smallest absolute Gasteiger partial charge is 0.289 e. The van der Waals surface area contributed by atoms with Gasteiger partial charge >= 0.3 is 0 Å². The summed E-state index contributed by atoms with van der Waals surface area (Å²) in [6.07, 6.45) is 1.73. The minimum absolute atomic E-state index is 0.0443. The van der Waals surface area contributed by atoms with Crippen molar-refractivity contribution in [2.24, 2.45) is 5.92 Å². The molecule has 0 aliphatic heterocycles. The van der Waals surface area contributed by atoms with E-state index in [9.17, 15) is 9.90 Å². The summed E-state index contributed by atoms with van der Waals surface area (Å²) in [5.74, 6) is 0.596. The number of nitrogens with zero attached hydrogens (tertiary/aromatic N) is 1. The number of amides is 1. The lowest BCUT2D eigenvalue weighted by molar-refractivity contribution is -0.0301. The third-order valence-corrected chi connectivity index (χ3v) is 4.61. The van der Waals surface area contributed by atoms with Crippen molar-refractivity contribution < 1.29 is 19.2 Å². The summed E-state index contributed by atoms with van der Waals surface area (Å²) in [6.45, 7) is 4.17. The summed E-state index contributed by atoms with van der Waals surface area (Å²) in [6, 6.07) is 9.40. The molecule has 6 heteroatoms. The van der Waals surface area contributed by atoms with Crippen LogP contribution in [-0.4, -0.2) is 34.9 Å². The Balaban J connectivity index is 1.55. The van der Waals surface area contributed by atoms with Gasteiger partial charge in [0.25, 0.3) is 5.91 Å². The highest BCUT2D eigenvalue weighted by molar-refractivity contribution is 5.91. The first-order valence-corrected chi connectivity index (χ1v) is 8.66. The molecule has 1 amide bonds. The number of benzene rings is 1. The van der Waals surface area contributed by atoms with E-state index in [2.05, 4.69) is 10.5 Å². The van der Waals surface area contributed by atoms with Crippen molar-refractivity contribution >= 4 is 5.91 Å². The molecule has 0 unspecified atom stereocenters. The molecule has 0 spiro atoms. The number of carbonyl (C=O) groups excluding carboxylic acids is 1. The first kappa shape index (κ1) is 17.5. The molecule has 3 atom stereocenters. The van der Waals surface area contributed by atoms with Crippen molar-refractivity contribution in [2.75, 3.05) is 6.54 Å². The second kappa shape index (κ2) is 7.70. The van der Waals surface area contributed by atoms with Crippen LogP contribution in [0, 0.1) is 19.8 Å². The van der Waals surface area contributed by atoms with Gasteiger partial charge in [0.15, 0.2) is 0 Å². The minimum Gasteiger partial charge on any atom is -0.488 e. The van der Waals surface area contributed by atoms with E-state index in [4.69, 9.17) is 9.26 Å². The van der Waals surface area contributed by atoms with E-state index in [1.807, 2.05) is 31.2 Å². The van der Waals surface area contributed by atoms with Crippen LogP contribution < -0.4 is 10.1 Å². The Bertz CT molecular complexity index is 710. The average molecular weight is 344 g/mol. The minimum atomic E-state index is -0.619. The van der Waals surface area contributed by atoms with E-state index in [-0.39, 0.29) is 23.7 Å². The molecular weight excluding hydrogens is 320 g/mol. The predicted molar refractivity (Wildman–Crippen MR) is 92.5 cm³/mol. The third kappa shape index (κ3) is 4.39. The lowest BCUT2D eigenvalue weighted by Gasteiger charge is -2.35. The molecule has 0 radical (unpaired) electrons. The van der Waals surface area contributed by atoms with Crippen molar-refractivity contribution in [2.45, 2.75) is 45.3 Å². The van der Waals surface area contributed by atoms with Crippen molar-refractivity contribution in [3.8, 4) is 5.75 Å². The lowest BCUT2D eigenvalue weighted by Crippen LogP contribution is -2.45. The Morgan fingerprint density at radius 1 is 1.32 bits per heavy atom. The van der Waals surface area contributed by atoms with Gasteiger partial charge in [0.1, 0.15) is 11.9 Å². The Morgan fingerprint density at radius 2 is 2.08 bits per heavy atom. The molecule has 2 aromatic rings. The second-order valence-electron chi connectivity index (χ2n) is 6.69. The monoisotopic (exact) mass is 344 g/mol. The van der Waals surface area contributed by atoms with Crippen LogP contribution in [0.15, 0.2) is 34.9 Å². The largest absolute Gasteiger partial charge is 0.488 e. The highest BCUT2D eigenvalue weighted by Gasteiger charge is 2.33. The first-order valence-electron chi connectivity index (χ1n) is 8.66. The Kier molecular flexibility index (Phi) is 5.38. The van der Waals surface area contributed by atoms with Gasteiger partial charge < -0.3 is 19.7 Å². The molecule has 1 saturated carbocycles. The molecular formula is C19H24N2O4. The summed E-state index contributed by atoms with van der Waals surface area (Å²) < 4.78 is 10.9. The van der Waals surface area contributed by atoms with Crippen molar-refractivity contribution in [1.29, 1.82) is 0 Å². The van der Waals surface area contributed by atoms with Crippen LogP contribution in [-0.2, 0) is 0 Å². The Labute approximate surface area is 147 Å². The van der Waals surface area contributed by atoms with E-state index in [0.717, 1.165) is 25.0 Å². The molecule has 1 aliphatic carbocycles. The number of carbonyl (C=O) groups is 1. The Hall–Kier alpha value is -2.34. The number of aryl methyl sites for hydroxylation is 2. The zero-order valence-corrected chi connectivity index (χ0v) is 14.6. The number of nitrogens with one attached hydrogen (secondary N) is 1. The lowest BCUT2D eigenvalue weighted by atomic mass is 9.84. The Morgan fingerprint density at radius 3 is 2.76 bits per heavy atom. The fraction of sp³-hybridized carbons (Fsp3) is 0.474. The molecule has 25 heavy (non-hydrogen) atoms. The van der Waals surface area contributed by atoms with Crippen LogP contribution in [0.1, 0.15) is 41.1 Å². The summed E-state index contributed by atoms with van der Waals surface area (Å²) in [7, 11) is 0. The molecule has 0 bridgehead atoms. The molecule has 1 heterocycles. The number of hydrogen-bond donors (Lipinski definition) is 2. The summed E-state index contributed by atoms with van der Waals surface area (Å²) in [4.78, 5) is 12.1. The highest BCUT2D eigenvalue weighted by Crippen LogP contribution is 2.28. The van der Waals surface area contributed by atoms with Gasteiger partial charge in [0, 0.05) is 18.5 Å². The second-order valence-corrected chi connectivity index (χ2v) is 6.69. The molecule has 2 N–H and O–H groups in total. The highest BCUT2D eigenvalue weighted by atomic mass is 16.5. The van der Waals surface area contributed by atoms with E-state index in [0.29, 0.717) is 12.2 Å². The quantitative estimate of drug-likeness (QED) is 0.871. The molecule has 3 rings (SSSR count). The standard InChI is InChI=1S/C19H24N2O4/c1-12-6-8-15(9-7-12)24-16-5-3-4-14(18(16)22)11-20-19(23)17-10-13(2)21-25-17/h6-10,14,16,18,22H,3-5,11H2,1-2H3,(H,20,23)/t14-,16-,18-/m1/s1. The third-order valence-electron chi connectivity index (χ3n) is 4.61. The molecule has 1 aromatic carbocycles. The molecule has 1 fully saturated rings. The van der Waals surface area contributed by atoms with Gasteiger partial charge in [-0.2, -0.15) is 0 Å². The van der Waals surface area contributed by atoms with Gasteiger partial charge in [0.2, 0.25) is 5.76 Å². The maximum atomic E-state index is 12.1. The van der Waals surface area contributed by atoms with Gasteiger partial charge in [-0.25, -0.2) is 0 Å². The van der Waals surface area contributed by atoms with Crippen LogP contribution in [0.2, 0.25) is 0 Å². The van der Waals surface area contributed by atoms with Crippen LogP contribution in [0.4, 0.5) is 0 Å². The van der Waals surface area contributed by atoms with Crippen LogP contribution >= 0.6 is 0 Å². The number of rotatable bonds is 5. The summed E-state index contributed by atoms with van der Waals surface area (Å²) in [5.41, 5.74) is 1.83. The van der Waals surface area contributed by atoms with Gasteiger partial charge in [-0.1, -0.05) is 22.9 Å². The maximum Gasteiger partial charge on any atom is 0.289 e. The number of aliphatic hydroxyl groups is 1. The van der Waals surface area contributed by atoms with Gasteiger partial charge in [-0.3, -0.25) is 4.79 Å². The van der Waals surface area contributed by atoms with Crippen molar-refractivity contribution in [3.05, 3.63) is 47.3 Å². The molecule has 1 aliphatic rings. The number of hydrogen-bond acceptors (Lipinski definition) is 5. The fourth-order valence-corrected chi connectivity index (χ4v) is 3.15. The molecule has 6 nitrogen and oxygen atoms in total. The first-order chi connectivity index (χ1) is 12.0. The van der Waals surface area contributed by atoms with E-state index < -0.39 is 6.10 Å². The van der Waals surface area contributed by atoms with Crippen LogP contribution in [0.3, 0.4) is 0 Å². The zero-order valence-electron chi connectivity index (χ0n) is 14.6. The number of ether oxygens (including phenoxy) is 1. The average Bonchev–Trinajstić information content (AvgIpc) is 3.04. The molecule has 1 aromatic heterocycles. The van der Waals surface area contributed by atoms with Crippen molar-refractivity contribution in [3.63, 3.8) is 0 Å². The van der Waals surface area contributed by atoms with Crippen molar-refractivity contribution in [1.82, 2.24) is 10.5 Å². The predicted octanol–water partition coefficient (Wildman–Crippen LogP) is 2.63. The summed E-state index contributed by atoms with van der Waals surface area (Å²) >= 11 is 0. The number of aliphatic hydroxyl groups excluding tert-OH is 1. The zero-order chi connectivity index (χ0) is 17.8. The molecule has 134 valence electrons. The van der Waals surface area contributed by atoms with Gasteiger partial charge in [-0.15, -0.1) is 0 Å². The van der Waals surface area contributed by atoms with E-state index in [1.165, 1.54) is 5.56 Å². The summed E-state index contributed by atoms with van der Waals surface area (Å²) in [5, 5.41) is 17.1. The number of aromatic nitrogens is 1. The normalized spacial score (nSPS) is 23.2. The van der Waals surface area contributed by atoms with Gasteiger partial charge in [0.05, 0.1) is 11.8 Å². The van der Waals surface area contributed by atoms with E-state index in [1.54, 1.807) is 13.0 Å². The van der Waals surface area contributed by atoms with Crippen LogP contribution in [0.5, 0.6) is 5.75 Å².